The van der Waals surface area contributed by atoms with Gasteiger partial charge in [-0.3, -0.25) is 9.59 Å². The maximum absolute atomic E-state index is 12.6. The summed E-state index contributed by atoms with van der Waals surface area (Å²) in [5.41, 5.74) is 2.00. The van der Waals surface area contributed by atoms with E-state index in [4.69, 9.17) is 0 Å². The molecule has 0 amide bonds. The van der Waals surface area contributed by atoms with Gasteiger partial charge in [0.15, 0.2) is 11.6 Å². The molecule has 0 radical (unpaired) electrons. The molecule has 4 rings (SSSR count). The number of ketones is 2. The van der Waals surface area contributed by atoms with Gasteiger partial charge in [0.2, 0.25) is 0 Å². The van der Waals surface area contributed by atoms with Crippen LogP contribution in [0.1, 0.15) is 27.7 Å². The molecule has 0 spiro atoms. The molecule has 1 saturated carbocycles. The fourth-order valence-electron chi connectivity index (χ4n) is 4.58. The van der Waals surface area contributed by atoms with E-state index in [2.05, 4.69) is 0 Å². The number of carbonyl (C=O) groups is 2. The van der Waals surface area contributed by atoms with Crippen molar-refractivity contribution in [3.05, 3.63) is 23.3 Å². The molecule has 2 N–H and O–H groups in total. The molecule has 0 aromatic rings. The van der Waals surface area contributed by atoms with E-state index in [0.717, 1.165) is 11.1 Å². The molecular weight excluding hydrogens is 280 g/mol. The average molecular weight is 304 g/mol. The van der Waals surface area contributed by atoms with Gasteiger partial charge in [-0.05, 0) is 17.9 Å². The molecule has 0 aliphatic heterocycles. The Morgan fingerprint density at radius 1 is 0.955 bits per heavy atom. The normalized spacial score (nSPS) is 40.9. The van der Waals surface area contributed by atoms with Crippen molar-refractivity contribution in [2.24, 2.45) is 35.5 Å². The molecule has 1 fully saturated rings. The Balaban J connectivity index is 2.18. The standard InChI is InChI=1S/C18H24O4/c1-7(2)9-5-11-15-13(14(9)18(22)16(11)20)10(8(3)4)6-12(19)17(15)21/h5-8,11,13-17,20-21H,1-4H3/t11?,13?,14?,15?,16-,17+/m1/s1. The zero-order chi connectivity index (χ0) is 16.3. The Bertz CT molecular complexity index is 584. The van der Waals surface area contributed by atoms with Crippen LogP contribution >= 0.6 is 0 Å². The summed E-state index contributed by atoms with van der Waals surface area (Å²) in [6.45, 7) is 8.11. The summed E-state index contributed by atoms with van der Waals surface area (Å²) in [6, 6.07) is 0. The SMILES string of the molecule is CC(C)C1=CC2C3C(C(C(C)C)=CC(=O)[C@@H]3O)C1C(=O)[C@@H]2O. The van der Waals surface area contributed by atoms with Gasteiger partial charge in [0.1, 0.15) is 12.2 Å². The lowest BCUT2D eigenvalue weighted by atomic mass is 9.50. The van der Waals surface area contributed by atoms with Crippen LogP contribution in [0.4, 0.5) is 0 Å². The molecule has 4 aliphatic carbocycles. The van der Waals surface area contributed by atoms with Crippen molar-refractivity contribution in [2.75, 3.05) is 0 Å². The Morgan fingerprint density at radius 3 is 2.09 bits per heavy atom. The van der Waals surface area contributed by atoms with Crippen LogP contribution in [0.5, 0.6) is 0 Å². The smallest absolute Gasteiger partial charge is 0.184 e. The van der Waals surface area contributed by atoms with Gasteiger partial charge in [0.05, 0.1) is 0 Å². The zero-order valence-electron chi connectivity index (χ0n) is 13.5. The minimum absolute atomic E-state index is 0.140. The van der Waals surface area contributed by atoms with E-state index in [1.165, 1.54) is 6.08 Å². The summed E-state index contributed by atoms with van der Waals surface area (Å²) in [7, 11) is 0. The van der Waals surface area contributed by atoms with Crippen LogP contribution in [0.15, 0.2) is 23.3 Å². The number of allylic oxidation sites excluding steroid dienone is 2. The molecule has 4 aliphatic rings. The molecule has 4 nitrogen and oxygen atoms in total. The highest BCUT2D eigenvalue weighted by Crippen LogP contribution is 2.54. The average Bonchev–Trinajstić information content (AvgIpc) is 2.45. The van der Waals surface area contributed by atoms with Crippen LogP contribution < -0.4 is 0 Å². The summed E-state index contributed by atoms with van der Waals surface area (Å²) in [4.78, 5) is 24.8. The summed E-state index contributed by atoms with van der Waals surface area (Å²) in [6.07, 6.45) is 1.27. The van der Waals surface area contributed by atoms with E-state index in [1.54, 1.807) is 0 Å². The highest BCUT2D eigenvalue weighted by Gasteiger charge is 2.59. The number of aliphatic hydroxyl groups is 2. The predicted molar refractivity (Wildman–Crippen MR) is 81.8 cm³/mol. The number of hydrogen-bond donors (Lipinski definition) is 2. The number of carbonyl (C=O) groups excluding carboxylic acids is 2. The van der Waals surface area contributed by atoms with E-state index < -0.39 is 24.0 Å². The van der Waals surface area contributed by atoms with Crippen LogP contribution in [0.2, 0.25) is 0 Å². The zero-order valence-corrected chi connectivity index (χ0v) is 13.5. The number of fused-ring (bicyclic) bond motifs is 1. The van der Waals surface area contributed by atoms with Gasteiger partial charge < -0.3 is 10.2 Å². The third-order valence-corrected chi connectivity index (χ3v) is 5.61. The molecular formula is C18H24O4. The molecule has 0 aromatic heterocycles. The van der Waals surface area contributed by atoms with Gasteiger partial charge in [-0.2, -0.15) is 0 Å². The topological polar surface area (TPSA) is 74.6 Å². The Hall–Kier alpha value is -1.26. The van der Waals surface area contributed by atoms with Gasteiger partial charge in [-0.25, -0.2) is 0 Å². The molecule has 6 atom stereocenters. The highest BCUT2D eigenvalue weighted by molar-refractivity contribution is 5.98. The Morgan fingerprint density at radius 2 is 1.55 bits per heavy atom. The van der Waals surface area contributed by atoms with Crippen LogP contribution in [-0.2, 0) is 9.59 Å². The van der Waals surface area contributed by atoms with E-state index in [-0.39, 0.29) is 35.2 Å². The van der Waals surface area contributed by atoms with Crippen molar-refractivity contribution < 1.29 is 19.8 Å². The monoisotopic (exact) mass is 304 g/mol. The maximum atomic E-state index is 12.6. The highest BCUT2D eigenvalue weighted by atomic mass is 16.3. The first-order valence-corrected chi connectivity index (χ1v) is 8.12. The lowest BCUT2D eigenvalue weighted by Crippen LogP contribution is -2.60. The third kappa shape index (κ3) is 1.97. The van der Waals surface area contributed by atoms with Gasteiger partial charge >= 0.3 is 0 Å². The number of Topliss-reactive ketones (excluding diaryl/α,β-unsaturated/α-hetero) is 1. The lowest BCUT2D eigenvalue weighted by Gasteiger charge is -2.53. The molecule has 22 heavy (non-hydrogen) atoms. The van der Waals surface area contributed by atoms with Crippen molar-refractivity contribution >= 4 is 11.6 Å². The Kier molecular flexibility index (Phi) is 3.65. The quantitative estimate of drug-likeness (QED) is 0.759. The van der Waals surface area contributed by atoms with Gasteiger partial charge in [0, 0.05) is 23.7 Å². The summed E-state index contributed by atoms with van der Waals surface area (Å²) < 4.78 is 0. The number of rotatable bonds is 2. The first kappa shape index (κ1) is 15.6. The van der Waals surface area contributed by atoms with Gasteiger partial charge in [-0.15, -0.1) is 0 Å². The molecule has 2 bridgehead atoms. The second-order valence-corrected chi connectivity index (χ2v) is 7.47. The minimum Gasteiger partial charge on any atom is -0.385 e. The first-order chi connectivity index (χ1) is 10.3. The van der Waals surface area contributed by atoms with Crippen molar-refractivity contribution in [3.8, 4) is 0 Å². The van der Waals surface area contributed by atoms with E-state index >= 15 is 0 Å². The van der Waals surface area contributed by atoms with E-state index in [0.29, 0.717) is 0 Å². The fraction of sp³-hybridized carbons (Fsp3) is 0.667. The minimum atomic E-state index is -1.12. The maximum Gasteiger partial charge on any atom is 0.184 e. The summed E-state index contributed by atoms with van der Waals surface area (Å²) >= 11 is 0. The van der Waals surface area contributed by atoms with Crippen molar-refractivity contribution in [1.82, 2.24) is 0 Å². The molecule has 120 valence electrons. The number of hydrogen-bond acceptors (Lipinski definition) is 4. The van der Waals surface area contributed by atoms with Gasteiger partial charge in [0.25, 0.3) is 0 Å². The summed E-state index contributed by atoms with van der Waals surface area (Å²) in [5, 5.41) is 20.7. The van der Waals surface area contributed by atoms with Crippen LogP contribution in [0.3, 0.4) is 0 Å². The first-order valence-electron chi connectivity index (χ1n) is 8.12. The predicted octanol–water partition coefficient (Wildman–Crippen LogP) is 1.52. The van der Waals surface area contributed by atoms with Gasteiger partial charge in [-0.1, -0.05) is 44.9 Å². The Labute approximate surface area is 130 Å². The molecule has 4 unspecified atom stereocenters. The van der Waals surface area contributed by atoms with E-state index in [9.17, 15) is 19.8 Å². The second-order valence-electron chi connectivity index (χ2n) is 7.47. The largest absolute Gasteiger partial charge is 0.385 e. The summed E-state index contributed by atoms with van der Waals surface area (Å²) in [5.74, 6) is -1.48. The van der Waals surface area contributed by atoms with Crippen molar-refractivity contribution in [2.45, 2.75) is 39.9 Å². The van der Waals surface area contributed by atoms with Crippen molar-refractivity contribution in [3.63, 3.8) is 0 Å². The third-order valence-electron chi connectivity index (χ3n) is 5.61. The molecule has 0 aromatic carbocycles. The fourth-order valence-corrected chi connectivity index (χ4v) is 4.58. The van der Waals surface area contributed by atoms with E-state index in [1.807, 2.05) is 33.8 Å². The van der Waals surface area contributed by atoms with Crippen molar-refractivity contribution in [1.29, 1.82) is 0 Å². The van der Waals surface area contributed by atoms with Crippen LogP contribution in [0, 0.1) is 35.5 Å². The molecule has 0 saturated heterocycles. The molecule has 4 heteroatoms. The lowest BCUT2D eigenvalue weighted by molar-refractivity contribution is -0.152. The number of aliphatic hydroxyl groups excluding tert-OH is 2. The molecule has 0 heterocycles. The van der Waals surface area contributed by atoms with Crippen LogP contribution in [-0.4, -0.2) is 34.0 Å². The second kappa shape index (κ2) is 5.14. The van der Waals surface area contributed by atoms with Crippen LogP contribution in [0.25, 0.3) is 0 Å².